The number of rotatable bonds is 7. The lowest BCUT2D eigenvalue weighted by molar-refractivity contribution is -0.151. The summed E-state index contributed by atoms with van der Waals surface area (Å²) in [5, 5.41) is 2.92. The summed E-state index contributed by atoms with van der Waals surface area (Å²) in [4.78, 5) is 26.8. The van der Waals surface area contributed by atoms with Crippen molar-refractivity contribution >= 4 is 11.8 Å². The summed E-state index contributed by atoms with van der Waals surface area (Å²) in [7, 11) is 0. The van der Waals surface area contributed by atoms with Crippen molar-refractivity contribution in [2.24, 2.45) is 11.8 Å². The van der Waals surface area contributed by atoms with E-state index in [1.165, 1.54) is 0 Å². The van der Waals surface area contributed by atoms with E-state index in [2.05, 4.69) is 33.0 Å². The standard InChI is InChI=1S/C16H30N2O2/c1-6-8-13-16(20)18(10-9-11(3)4)14(12(5)7-2)15(19)17-13/h11-14H,6-10H2,1-5H3,(H,17,19). The third kappa shape index (κ3) is 3.97. The summed E-state index contributed by atoms with van der Waals surface area (Å²) in [6.45, 7) is 11.2. The number of carbonyl (C=O) groups excluding carboxylic acids is 2. The molecule has 1 saturated heterocycles. The first-order valence-electron chi connectivity index (χ1n) is 8.03. The van der Waals surface area contributed by atoms with Crippen LogP contribution in [0.4, 0.5) is 0 Å². The molecule has 4 heteroatoms. The van der Waals surface area contributed by atoms with E-state index in [4.69, 9.17) is 0 Å². The molecule has 1 rings (SSSR count). The Morgan fingerprint density at radius 2 is 1.85 bits per heavy atom. The van der Waals surface area contributed by atoms with E-state index in [-0.39, 0.29) is 29.8 Å². The molecule has 0 aromatic heterocycles. The molecule has 0 bridgehead atoms. The molecule has 0 radical (unpaired) electrons. The number of nitrogens with one attached hydrogen (secondary N) is 1. The highest BCUT2D eigenvalue weighted by Crippen LogP contribution is 2.22. The maximum atomic E-state index is 12.6. The van der Waals surface area contributed by atoms with Gasteiger partial charge in [0.2, 0.25) is 11.8 Å². The van der Waals surface area contributed by atoms with Crippen LogP contribution in [0.3, 0.4) is 0 Å². The number of carbonyl (C=O) groups is 2. The van der Waals surface area contributed by atoms with Crippen LogP contribution in [0.15, 0.2) is 0 Å². The maximum absolute atomic E-state index is 12.6. The van der Waals surface area contributed by atoms with Gasteiger partial charge < -0.3 is 10.2 Å². The van der Waals surface area contributed by atoms with Crippen molar-refractivity contribution in [2.45, 2.75) is 72.4 Å². The molecule has 0 aromatic carbocycles. The zero-order valence-corrected chi connectivity index (χ0v) is 13.6. The van der Waals surface area contributed by atoms with Crippen LogP contribution in [-0.2, 0) is 9.59 Å². The molecule has 2 amide bonds. The van der Waals surface area contributed by atoms with Gasteiger partial charge in [-0.3, -0.25) is 9.59 Å². The van der Waals surface area contributed by atoms with Gasteiger partial charge in [0.05, 0.1) is 0 Å². The largest absolute Gasteiger partial charge is 0.342 e. The van der Waals surface area contributed by atoms with Crippen LogP contribution in [0, 0.1) is 11.8 Å². The third-order valence-corrected chi connectivity index (χ3v) is 4.21. The van der Waals surface area contributed by atoms with Gasteiger partial charge in [0.15, 0.2) is 0 Å². The Kier molecular flexibility index (Phi) is 6.50. The van der Waals surface area contributed by atoms with Crippen molar-refractivity contribution < 1.29 is 9.59 Å². The number of hydrogen-bond acceptors (Lipinski definition) is 2. The van der Waals surface area contributed by atoms with Gasteiger partial charge in [-0.05, 0) is 24.7 Å². The fourth-order valence-electron chi connectivity index (χ4n) is 2.72. The van der Waals surface area contributed by atoms with Crippen molar-refractivity contribution in [3.05, 3.63) is 0 Å². The molecule has 20 heavy (non-hydrogen) atoms. The molecular weight excluding hydrogens is 252 g/mol. The predicted octanol–water partition coefficient (Wildman–Crippen LogP) is 2.57. The zero-order valence-electron chi connectivity index (χ0n) is 13.6. The van der Waals surface area contributed by atoms with Gasteiger partial charge in [-0.1, -0.05) is 47.5 Å². The van der Waals surface area contributed by atoms with E-state index < -0.39 is 0 Å². The molecule has 4 nitrogen and oxygen atoms in total. The van der Waals surface area contributed by atoms with Gasteiger partial charge in [0.1, 0.15) is 12.1 Å². The topological polar surface area (TPSA) is 49.4 Å². The number of amides is 2. The number of nitrogens with zero attached hydrogens (tertiary/aromatic N) is 1. The average molecular weight is 282 g/mol. The minimum Gasteiger partial charge on any atom is -0.342 e. The summed E-state index contributed by atoms with van der Waals surface area (Å²) in [6, 6.07) is -0.612. The van der Waals surface area contributed by atoms with Gasteiger partial charge in [-0.25, -0.2) is 0 Å². The summed E-state index contributed by atoms with van der Waals surface area (Å²) in [5.74, 6) is 0.877. The van der Waals surface area contributed by atoms with Crippen molar-refractivity contribution in [1.29, 1.82) is 0 Å². The highest BCUT2D eigenvalue weighted by atomic mass is 16.2. The summed E-state index contributed by atoms with van der Waals surface area (Å²) in [5.41, 5.74) is 0. The monoisotopic (exact) mass is 282 g/mol. The summed E-state index contributed by atoms with van der Waals surface area (Å²) in [6.07, 6.45) is 3.49. The van der Waals surface area contributed by atoms with E-state index in [1.54, 1.807) is 0 Å². The van der Waals surface area contributed by atoms with E-state index in [9.17, 15) is 9.59 Å². The minimum absolute atomic E-state index is 0.0288. The Balaban J connectivity index is 2.90. The first kappa shape index (κ1) is 17.0. The lowest BCUT2D eigenvalue weighted by Gasteiger charge is -2.41. The van der Waals surface area contributed by atoms with Crippen LogP contribution in [0.25, 0.3) is 0 Å². The quantitative estimate of drug-likeness (QED) is 0.780. The molecule has 3 unspecified atom stereocenters. The van der Waals surface area contributed by atoms with Gasteiger partial charge >= 0.3 is 0 Å². The summed E-state index contributed by atoms with van der Waals surface area (Å²) < 4.78 is 0. The lowest BCUT2D eigenvalue weighted by Crippen LogP contribution is -2.65. The molecule has 1 heterocycles. The molecular formula is C16H30N2O2. The molecule has 0 aliphatic carbocycles. The number of hydrogen-bond donors (Lipinski definition) is 1. The fourth-order valence-corrected chi connectivity index (χ4v) is 2.72. The van der Waals surface area contributed by atoms with Crippen molar-refractivity contribution in [2.75, 3.05) is 6.54 Å². The molecule has 1 fully saturated rings. The van der Waals surface area contributed by atoms with Crippen LogP contribution in [0.2, 0.25) is 0 Å². The summed E-state index contributed by atoms with van der Waals surface area (Å²) >= 11 is 0. The minimum atomic E-state index is -0.319. The molecule has 0 aromatic rings. The highest BCUT2D eigenvalue weighted by molar-refractivity contribution is 5.97. The van der Waals surface area contributed by atoms with Crippen molar-refractivity contribution in [1.82, 2.24) is 10.2 Å². The molecule has 0 spiro atoms. The van der Waals surface area contributed by atoms with Gasteiger partial charge in [0.25, 0.3) is 0 Å². The van der Waals surface area contributed by atoms with E-state index in [1.807, 2.05) is 11.8 Å². The van der Waals surface area contributed by atoms with E-state index in [0.717, 1.165) is 25.7 Å². The SMILES string of the molecule is CCCC1NC(=O)C(C(C)CC)N(CCC(C)C)C1=O. The molecule has 1 aliphatic rings. The molecule has 116 valence electrons. The van der Waals surface area contributed by atoms with Crippen molar-refractivity contribution in [3.8, 4) is 0 Å². The molecule has 1 aliphatic heterocycles. The number of piperazine rings is 1. The Bertz CT molecular complexity index is 341. The zero-order chi connectivity index (χ0) is 15.3. The fraction of sp³-hybridized carbons (Fsp3) is 0.875. The van der Waals surface area contributed by atoms with Crippen LogP contribution < -0.4 is 5.32 Å². The Morgan fingerprint density at radius 3 is 2.35 bits per heavy atom. The molecule has 0 saturated carbocycles. The first-order chi connectivity index (χ1) is 9.42. The second-order valence-corrected chi connectivity index (χ2v) is 6.39. The Hall–Kier alpha value is -1.06. The van der Waals surface area contributed by atoms with Gasteiger partial charge in [-0.15, -0.1) is 0 Å². The highest BCUT2D eigenvalue weighted by Gasteiger charge is 2.41. The van der Waals surface area contributed by atoms with Crippen LogP contribution in [0.1, 0.15) is 60.3 Å². The molecule has 3 atom stereocenters. The van der Waals surface area contributed by atoms with Gasteiger partial charge in [0, 0.05) is 6.54 Å². The smallest absolute Gasteiger partial charge is 0.245 e. The van der Waals surface area contributed by atoms with Crippen LogP contribution in [0.5, 0.6) is 0 Å². The average Bonchev–Trinajstić information content (AvgIpc) is 2.40. The Morgan fingerprint density at radius 1 is 1.20 bits per heavy atom. The lowest BCUT2D eigenvalue weighted by atomic mass is 9.92. The Labute approximate surface area is 123 Å². The van der Waals surface area contributed by atoms with Crippen molar-refractivity contribution in [3.63, 3.8) is 0 Å². The van der Waals surface area contributed by atoms with E-state index >= 15 is 0 Å². The second kappa shape index (κ2) is 7.65. The van der Waals surface area contributed by atoms with E-state index in [0.29, 0.717) is 12.5 Å². The van der Waals surface area contributed by atoms with Crippen LogP contribution >= 0.6 is 0 Å². The predicted molar refractivity (Wildman–Crippen MR) is 81.2 cm³/mol. The van der Waals surface area contributed by atoms with Gasteiger partial charge in [-0.2, -0.15) is 0 Å². The second-order valence-electron chi connectivity index (χ2n) is 6.39. The molecule has 1 N–H and O–H groups in total. The maximum Gasteiger partial charge on any atom is 0.245 e. The third-order valence-electron chi connectivity index (χ3n) is 4.21. The normalized spacial score (nSPS) is 25.0. The van der Waals surface area contributed by atoms with Crippen LogP contribution in [-0.4, -0.2) is 35.3 Å². The first-order valence-corrected chi connectivity index (χ1v) is 8.03.